The Morgan fingerprint density at radius 3 is 2.66 bits per heavy atom. The number of carbonyl (C=O) groups is 2. The van der Waals surface area contributed by atoms with Gasteiger partial charge in [-0.05, 0) is 48.9 Å². The number of anilines is 3. The predicted octanol–water partition coefficient (Wildman–Crippen LogP) is 3.81. The molecule has 0 N–H and O–H groups in total. The Balaban J connectivity index is 1.77. The molecule has 1 amide bonds. The molecule has 160 valence electrons. The fourth-order valence-corrected chi connectivity index (χ4v) is 3.77. The number of benzene rings is 2. The molecular formula is C24H20FN5O2. The van der Waals surface area contributed by atoms with Gasteiger partial charge in [-0.3, -0.25) is 9.59 Å². The number of halogens is 1. The van der Waals surface area contributed by atoms with Gasteiger partial charge in [-0.1, -0.05) is 13.0 Å². The SMILES string of the molecule is CCC1C(=O)N(C)c2cnc(CC(=O)c3ccc(F)cc3)nc2N1c1cccc(C#N)c1. The molecule has 4 rings (SSSR count). The quantitative estimate of drug-likeness (QED) is 0.573. The Hall–Kier alpha value is -4.12. The minimum Gasteiger partial charge on any atom is -0.312 e. The van der Waals surface area contributed by atoms with Crippen LogP contribution in [0.1, 0.15) is 35.1 Å². The molecule has 0 spiro atoms. The van der Waals surface area contributed by atoms with Crippen LogP contribution in [0, 0.1) is 17.1 Å². The molecule has 0 fully saturated rings. The van der Waals surface area contributed by atoms with E-state index < -0.39 is 11.9 Å². The van der Waals surface area contributed by atoms with E-state index in [0.29, 0.717) is 34.7 Å². The van der Waals surface area contributed by atoms with Crippen molar-refractivity contribution in [2.45, 2.75) is 25.8 Å². The Kier molecular flexibility index (Phi) is 5.65. The highest BCUT2D eigenvalue weighted by molar-refractivity contribution is 6.06. The highest BCUT2D eigenvalue weighted by Gasteiger charge is 2.38. The van der Waals surface area contributed by atoms with E-state index in [1.165, 1.54) is 35.4 Å². The molecule has 0 saturated heterocycles. The molecule has 2 aromatic carbocycles. The van der Waals surface area contributed by atoms with E-state index in [4.69, 9.17) is 0 Å². The van der Waals surface area contributed by atoms with Crippen LogP contribution >= 0.6 is 0 Å². The Morgan fingerprint density at radius 1 is 1.22 bits per heavy atom. The molecule has 7 nitrogen and oxygen atoms in total. The van der Waals surface area contributed by atoms with E-state index in [2.05, 4.69) is 16.0 Å². The third kappa shape index (κ3) is 3.81. The smallest absolute Gasteiger partial charge is 0.250 e. The number of carbonyl (C=O) groups excluding carboxylic acids is 2. The highest BCUT2D eigenvalue weighted by Crippen LogP contribution is 2.39. The second-order valence-electron chi connectivity index (χ2n) is 7.46. The standard InChI is InChI=1S/C24H20FN5O2/c1-3-19-24(32)29(2)20-14-27-22(12-21(31)16-7-9-17(25)10-8-16)28-23(20)30(19)18-6-4-5-15(11-18)13-26/h4-11,14,19H,3,12H2,1-2H3. The average Bonchev–Trinajstić information content (AvgIpc) is 2.81. The zero-order valence-electron chi connectivity index (χ0n) is 17.6. The van der Waals surface area contributed by atoms with Gasteiger partial charge in [-0.2, -0.15) is 5.26 Å². The number of hydrogen-bond acceptors (Lipinski definition) is 6. The van der Waals surface area contributed by atoms with Crippen LogP contribution in [-0.2, 0) is 11.2 Å². The monoisotopic (exact) mass is 429 g/mol. The molecule has 0 aliphatic carbocycles. The minimum absolute atomic E-state index is 0.0700. The van der Waals surface area contributed by atoms with Crippen molar-refractivity contribution in [3.63, 3.8) is 0 Å². The number of Topliss-reactive ketones (excluding diaryl/α,β-unsaturated/α-hetero) is 1. The molecule has 1 aromatic heterocycles. The van der Waals surface area contributed by atoms with Gasteiger partial charge in [0.2, 0.25) is 5.91 Å². The summed E-state index contributed by atoms with van der Waals surface area (Å²) in [5.41, 5.74) is 2.00. The topological polar surface area (TPSA) is 90.2 Å². The van der Waals surface area contributed by atoms with Crippen LogP contribution in [-0.4, -0.2) is 34.7 Å². The zero-order chi connectivity index (χ0) is 22.8. The number of amides is 1. The van der Waals surface area contributed by atoms with Gasteiger partial charge in [0.05, 0.1) is 24.3 Å². The van der Waals surface area contributed by atoms with Crippen LogP contribution in [0.25, 0.3) is 0 Å². The summed E-state index contributed by atoms with van der Waals surface area (Å²) in [6.45, 7) is 1.91. The zero-order valence-corrected chi connectivity index (χ0v) is 17.6. The van der Waals surface area contributed by atoms with Crippen LogP contribution in [0.15, 0.2) is 54.7 Å². The lowest BCUT2D eigenvalue weighted by molar-refractivity contribution is -0.119. The number of likely N-dealkylation sites (N-methyl/N-ethyl adjacent to an activating group) is 1. The molecule has 0 saturated carbocycles. The molecule has 3 aromatic rings. The van der Waals surface area contributed by atoms with Gasteiger partial charge in [-0.25, -0.2) is 14.4 Å². The molecule has 0 radical (unpaired) electrons. The average molecular weight is 429 g/mol. The van der Waals surface area contributed by atoms with Crippen molar-refractivity contribution < 1.29 is 14.0 Å². The molecule has 1 atom stereocenters. The third-order valence-corrected chi connectivity index (χ3v) is 5.44. The van der Waals surface area contributed by atoms with Gasteiger partial charge in [0.1, 0.15) is 23.4 Å². The first-order valence-corrected chi connectivity index (χ1v) is 10.1. The van der Waals surface area contributed by atoms with Crippen molar-refractivity contribution in [1.82, 2.24) is 9.97 Å². The summed E-state index contributed by atoms with van der Waals surface area (Å²) in [4.78, 5) is 37.9. The Labute approximate surface area is 184 Å². The lowest BCUT2D eigenvalue weighted by Gasteiger charge is -2.40. The van der Waals surface area contributed by atoms with Crippen LogP contribution in [0.5, 0.6) is 0 Å². The maximum Gasteiger partial charge on any atom is 0.250 e. The van der Waals surface area contributed by atoms with Crippen LogP contribution in [0.4, 0.5) is 21.6 Å². The molecular weight excluding hydrogens is 409 g/mol. The maximum absolute atomic E-state index is 13.2. The van der Waals surface area contributed by atoms with E-state index in [9.17, 15) is 19.2 Å². The van der Waals surface area contributed by atoms with Crippen molar-refractivity contribution in [1.29, 1.82) is 5.26 Å². The van der Waals surface area contributed by atoms with Crippen molar-refractivity contribution in [2.75, 3.05) is 16.8 Å². The second kappa shape index (κ2) is 8.55. The number of aromatic nitrogens is 2. The van der Waals surface area contributed by atoms with Crippen molar-refractivity contribution in [3.8, 4) is 6.07 Å². The first-order chi connectivity index (χ1) is 15.4. The van der Waals surface area contributed by atoms with Gasteiger partial charge < -0.3 is 9.80 Å². The van der Waals surface area contributed by atoms with Gasteiger partial charge in [0, 0.05) is 18.3 Å². The Bertz CT molecular complexity index is 1240. The summed E-state index contributed by atoms with van der Waals surface area (Å²) < 4.78 is 13.2. The summed E-state index contributed by atoms with van der Waals surface area (Å²) in [5, 5.41) is 9.31. The largest absolute Gasteiger partial charge is 0.312 e. The van der Waals surface area contributed by atoms with E-state index in [-0.39, 0.29) is 23.9 Å². The molecule has 1 aliphatic heterocycles. The third-order valence-electron chi connectivity index (χ3n) is 5.44. The normalized spacial score (nSPS) is 15.3. The van der Waals surface area contributed by atoms with E-state index >= 15 is 0 Å². The van der Waals surface area contributed by atoms with E-state index in [0.717, 1.165) is 0 Å². The van der Waals surface area contributed by atoms with Crippen molar-refractivity contribution in [2.24, 2.45) is 0 Å². The van der Waals surface area contributed by atoms with Gasteiger partial charge in [0.15, 0.2) is 11.6 Å². The number of ketones is 1. The van der Waals surface area contributed by atoms with Crippen LogP contribution in [0.3, 0.4) is 0 Å². The Morgan fingerprint density at radius 2 is 1.97 bits per heavy atom. The van der Waals surface area contributed by atoms with Crippen LogP contribution < -0.4 is 9.80 Å². The summed E-state index contributed by atoms with van der Waals surface area (Å²) >= 11 is 0. The van der Waals surface area contributed by atoms with E-state index in [1.807, 2.05) is 13.0 Å². The summed E-state index contributed by atoms with van der Waals surface area (Å²) in [7, 11) is 1.67. The molecule has 2 heterocycles. The van der Waals surface area contributed by atoms with Crippen LogP contribution in [0.2, 0.25) is 0 Å². The number of hydrogen-bond donors (Lipinski definition) is 0. The minimum atomic E-state index is -0.517. The lowest BCUT2D eigenvalue weighted by Crippen LogP contribution is -2.50. The maximum atomic E-state index is 13.2. The number of fused-ring (bicyclic) bond motifs is 1. The van der Waals surface area contributed by atoms with Gasteiger partial charge in [0.25, 0.3) is 0 Å². The van der Waals surface area contributed by atoms with Crippen molar-refractivity contribution in [3.05, 3.63) is 77.5 Å². The number of rotatable bonds is 5. The fraction of sp³-hybridized carbons (Fsp3) is 0.208. The first-order valence-electron chi connectivity index (χ1n) is 10.1. The lowest BCUT2D eigenvalue weighted by atomic mass is 10.0. The molecule has 32 heavy (non-hydrogen) atoms. The second-order valence-corrected chi connectivity index (χ2v) is 7.46. The predicted molar refractivity (Wildman–Crippen MR) is 117 cm³/mol. The van der Waals surface area contributed by atoms with E-state index in [1.54, 1.807) is 30.1 Å². The molecule has 8 heteroatoms. The van der Waals surface area contributed by atoms with Crippen molar-refractivity contribution >= 4 is 28.9 Å². The fourth-order valence-electron chi connectivity index (χ4n) is 3.77. The summed E-state index contributed by atoms with van der Waals surface area (Å²) in [6.07, 6.45) is 1.98. The molecule has 1 unspecified atom stereocenters. The summed E-state index contributed by atoms with van der Waals surface area (Å²) in [6, 6.07) is 13.9. The summed E-state index contributed by atoms with van der Waals surface area (Å²) in [5.74, 6) is 0.0135. The molecule has 1 aliphatic rings. The van der Waals surface area contributed by atoms with Gasteiger partial charge in [-0.15, -0.1) is 0 Å². The van der Waals surface area contributed by atoms with Gasteiger partial charge >= 0.3 is 0 Å². The number of nitriles is 1. The highest BCUT2D eigenvalue weighted by atomic mass is 19.1. The number of nitrogens with zero attached hydrogens (tertiary/aromatic N) is 5. The molecule has 0 bridgehead atoms. The first kappa shape index (κ1) is 21.1.